The third kappa shape index (κ3) is 3.70. The van der Waals surface area contributed by atoms with Gasteiger partial charge in [0.25, 0.3) is 0 Å². The number of carbonyl (C=O) groups is 1. The number of carboxylic acids is 1. The standard InChI is InChI=1S/C13H12BrNO4S2/c1-8(11-3-2-6-20-11)15-21(18,19)12-7-9(13(16)17)4-5-10(12)14/h2-8,15H,1H3,(H,16,17)/t8-/m1/s1. The zero-order valence-electron chi connectivity index (χ0n) is 10.9. The molecule has 2 N–H and O–H groups in total. The summed E-state index contributed by atoms with van der Waals surface area (Å²) in [4.78, 5) is 11.8. The van der Waals surface area contributed by atoms with Crippen LogP contribution < -0.4 is 4.72 Å². The largest absolute Gasteiger partial charge is 0.478 e. The molecule has 0 aliphatic heterocycles. The predicted octanol–water partition coefficient (Wildman–Crippen LogP) is 3.25. The first-order valence-electron chi connectivity index (χ1n) is 5.90. The lowest BCUT2D eigenvalue weighted by atomic mass is 10.2. The fraction of sp³-hybridized carbons (Fsp3) is 0.154. The van der Waals surface area contributed by atoms with E-state index in [1.54, 1.807) is 6.92 Å². The molecule has 1 aromatic carbocycles. The Morgan fingerprint density at radius 2 is 2.10 bits per heavy atom. The van der Waals surface area contributed by atoms with E-state index in [-0.39, 0.29) is 10.5 Å². The molecule has 0 saturated heterocycles. The van der Waals surface area contributed by atoms with Crippen LogP contribution >= 0.6 is 27.3 Å². The molecule has 2 aromatic rings. The monoisotopic (exact) mass is 389 g/mol. The number of sulfonamides is 1. The van der Waals surface area contributed by atoms with Gasteiger partial charge in [-0.15, -0.1) is 11.3 Å². The lowest BCUT2D eigenvalue weighted by Gasteiger charge is -2.14. The molecule has 0 saturated carbocycles. The van der Waals surface area contributed by atoms with E-state index in [0.717, 1.165) is 10.9 Å². The molecule has 1 atom stereocenters. The molecule has 0 bridgehead atoms. The summed E-state index contributed by atoms with van der Waals surface area (Å²) in [5.74, 6) is -1.18. The van der Waals surface area contributed by atoms with Crippen molar-refractivity contribution < 1.29 is 18.3 Å². The van der Waals surface area contributed by atoms with Crippen LogP contribution in [0.15, 0.2) is 45.1 Å². The highest BCUT2D eigenvalue weighted by atomic mass is 79.9. The van der Waals surface area contributed by atoms with E-state index in [9.17, 15) is 13.2 Å². The summed E-state index contributed by atoms with van der Waals surface area (Å²) in [6, 6.07) is 7.17. The SMILES string of the molecule is C[C@@H](NS(=O)(=O)c1cc(C(=O)O)ccc1Br)c1cccs1. The molecule has 8 heteroatoms. The van der Waals surface area contributed by atoms with Crippen molar-refractivity contribution in [3.8, 4) is 0 Å². The number of benzene rings is 1. The van der Waals surface area contributed by atoms with Crippen molar-refractivity contribution in [2.24, 2.45) is 0 Å². The second kappa shape index (κ2) is 6.27. The molecule has 2 rings (SSSR count). The number of rotatable bonds is 5. The molecule has 1 heterocycles. The van der Waals surface area contributed by atoms with Crippen LogP contribution in [0.5, 0.6) is 0 Å². The fourth-order valence-corrected chi connectivity index (χ4v) is 4.76. The summed E-state index contributed by atoms with van der Waals surface area (Å²) < 4.78 is 27.7. The van der Waals surface area contributed by atoms with Gasteiger partial charge in [0, 0.05) is 9.35 Å². The van der Waals surface area contributed by atoms with Gasteiger partial charge in [0.05, 0.1) is 16.5 Å². The van der Waals surface area contributed by atoms with Gasteiger partial charge in [0.15, 0.2) is 0 Å². The van der Waals surface area contributed by atoms with E-state index >= 15 is 0 Å². The van der Waals surface area contributed by atoms with Crippen LogP contribution in [0.2, 0.25) is 0 Å². The van der Waals surface area contributed by atoms with Gasteiger partial charge in [-0.3, -0.25) is 0 Å². The van der Waals surface area contributed by atoms with Crippen molar-refractivity contribution in [1.82, 2.24) is 4.72 Å². The number of hydrogen-bond acceptors (Lipinski definition) is 4. The first kappa shape index (κ1) is 16.2. The Morgan fingerprint density at radius 3 is 2.67 bits per heavy atom. The van der Waals surface area contributed by atoms with Crippen LogP contribution in [-0.2, 0) is 10.0 Å². The molecular weight excluding hydrogens is 378 g/mol. The van der Waals surface area contributed by atoms with Gasteiger partial charge in [-0.05, 0) is 52.5 Å². The van der Waals surface area contributed by atoms with Gasteiger partial charge in [0.2, 0.25) is 10.0 Å². The van der Waals surface area contributed by atoms with Crippen LogP contribution in [0.1, 0.15) is 28.2 Å². The molecule has 0 aliphatic rings. The van der Waals surface area contributed by atoms with E-state index in [1.807, 2.05) is 17.5 Å². The summed E-state index contributed by atoms with van der Waals surface area (Å²) in [6.07, 6.45) is 0. The van der Waals surface area contributed by atoms with Crippen molar-refractivity contribution in [3.63, 3.8) is 0 Å². The number of hydrogen-bond donors (Lipinski definition) is 2. The third-order valence-corrected chi connectivity index (χ3v) is 6.36. The first-order valence-corrected chi connectivity index (χ1v) is 9.05. The second-order valence-electron chi connectivity index (χ2n) is 4.31. The normalized spacial score (nSPS) is 13.0. The second-order valence-corrected chi connectivity index (χ2v) is 7.82. The van der Waals surface area contributed by atoms with Crippen LogP contribution in [0, 0.1) is 0 Å². The van der Waals surface area contributed by atoms with E-state index in [0.29, 0.717) is 4.47 Å². The Labute approximate surface area is 134 Å². The van der Waals surface area contributed by atoms with Gasteiger partial charge in [-0.25, -0.2) is 17.9 Å². The Bertz CT molecular complexity index is 756. The van der Waals surface area contributed by atoms with Crippen molar-refractivity contribution in [3.05, 3.63) is 50.6 Å². The average Bonchev–Trinajstić information content (AvgIpc) is 2.92. The van der Waals surface area contributed by atoms with Gasteiger partial charge < -0.3 is 5.11 Å². The number of aromatic carboxylic acids is 1. The highest BCUT2D eigenvalue weighted by Crippen LogP contribution is 2.26. The molecule has 0 unspecified atom stereocenters. The topological polar surface area (TPSA) is 83.5 Å². The summed E-state index contributed by atoms with van der Waals surface area (Å²) in [6.45, 7) is 1.73. The van der Waals surface area contributed by atoms with E-state index in [1.165, 1.54) is 23.5 Å². The Morgan fingerprint density at radius 1 is 1.38 bits per heavy atom. The van der Waals surface area contributed by atoms with E-state index in [2.05, 4.69) is 20.7 Å². The predicted molar refractivity (Wildman–Crippen MR) is 84.2 cm³/mol. The summed E-state index contributed by atoms with van der Waals surface area (Å²) in [5, 5.41) is 10.8. The van der Waals surface area contributed by atoms with Gasteiger partial charge in [0.1, 0.15) is 0 Å². The Kier molecular flexibility index (Phi) is 4.82. The number of carboxylic acid groups (broad SMARTS) is 1. The number of halogens is 1. The summed E-state index contributed by atoms with van der Waals surface area (Å²) >= 11 is 4.59. The molecule has 1 aromatic heterocycles. The molecule has 0 amide bonds. The van der Waals surface area contributed by atoms with Gasteiger partial charge in [-0.2, -0.15) is 0 Å². The number of nitrogens with one attached hydrogen (secondary N) is 1. The average molecular weight is 390 g/mol. The molecule has 112 valence electrons. The molecule has 5 nitrogen and oxygen atoms in total. The maximum atomic E-state index is 12.4. The van der Waals surface area contributed by atoms with Crippen molar-refractivity contribution in [2.75, 3.05) is 0 Å². The van der Waals surface area contributed by atoms with Crippen LogP contribution in [-0.4, -0.2) is 19.5 Å². The van der Waals surface area contributed by atoms with Crippen molar-refractivity contribution in [1.29, 1.82) is 0 Å². The zero-order valence-corrected chi connectivity index (χ0v) is 14.1. The maximum Gasteiger partial charge on any atom is 0.335 e. The lowest BCUT2D eigenvalue weighted by molar-refractivity contribution is 0.0696. The first-order chi connectivity index (χ1) is 9.81. The van der Waals surface area contributed by atoms with Crippen LogP contribution in [0.4, 0.5) is 0 Å². The minimum absolute atomic E-state index is 0.0812. The fourth-order valence-electron chi connectivity index (χ4n) is 1.73. The number of thiophene rings is 1. The minimum atomic E-state index is -3.83. The third-order valence-electron chi connectivity index (χ3n) is 2.77. The molecule has 0 radical (unpaired) electrons. The molecular formula is C13H12BrNO4S2. The highest BCUT2D eigenvalue weighted by Gasteiger charge is 2.22. The maximum absolute atomic E-state index is 12.4. The van der Waals surface area contributed by atoms with Crippen molar-refractivity contribution in [2.45, 2.75) is 17.9 Å². The van der Waals surface area contributed by atoms with E-state index in [4.69, 9.17) is 5.11 Å². The molecule has 21 heavy (non-hydrogen) atoms. The van der Waals surface area contributed by atoms with E-state index < -0.39 is 22.0 Å². The highest BCUT2D eigenvalue weighted by molar-refractivity contribution is 9.10. The van der Waals surface area contributed by atoms with Gasteiger partial charge in [-0.1, -0.05) is 6.07 Å². The summed E-state index contributed by atoms with van der Waals surface area (Å²) in [5.41, 5.74) is -0.0812. The zero-order chi connectivity index (χ0) is 15.6. The van der Waals surface area contributed by atoms with Crippen molar-refractivity contribution >= 4 is 43.3 Å². The van der Waals surface area contributed by atoms with Crippen LogP contribution in [0.3, 0.4) is 0 Å². The molecule has 0 aliphatic carbocycles. The Hall–Kier alpha value is -1.22. The molecule has 0 fully saturated rings. The smallest absolute Gasteiger partial charge is 0.335 e. The quantitative estimate of drug-likeness (QED) is 0.821. The molecule has 0 spiro atoms. The van der Waals surface area contributed by atoms with Crippen LogP contribution in [0.25, 0.3) is 0 Å². The minimum Gasteiger partial charge on any atom is -0.478 e. The lowest BCUT2D eigenvalue weighted by Crippen LogP contribution is -2.27. The van der Waals surface area contributed by atoms with Gasteiger partial charge >= 0.3 is 5.97 Å². The summed E-state index contributed by atoms with van der Waals surface area (Å²) in [7, 11) is -3.83. The Balaban J connectivity index is 2.35.